The third kappa shape index (κ3) is 4.75. The number of ether oxygens (including phenoxy) is 2. The van der Waals surface area contributed by atoms with E-state index < -0.39 is 5.92 Å². The van der Waals surface area contributed by atoms with Gasteiger partial charge in [-0.05, 0) is 73.9 Å². The van der Waals surface area contributed by atoms with E-state index in [4.69, 9.17) is 9.47 Å². The van der Waals surface area contributed by atoms with Gasteiger partial charge in [0, 0.05) is 40.6 Å². The summed E-state index contributed by atoms with van der Waals surface area (Å²) in [6.07, 6.45) is 2.06. The van der Waals surface area contributed by atoms with Gasteiger partial charge in [0.25, 0.3) is 5.91 Å². The highest BCUT2D eigenvalue weighted by atomic mass is 16.5. The number of rotatable bonds is 6. The topological polar surface area (TPSA) is 76.7 Å². The lowest BCUT2D eigenvalue weighted by atomic mass is 9.75. The van der Waals surface area contributed by atoms with Gasteiger partial charge in [0.1, 0.15) is 17.2 Å². The van der Waals surface area contributed by atoms with Crippen molar-refractivity contribution in [1.82, 2.24) is 5.32 Å². The molecule has 1 aliphatic heterocycles. The number of amides is 1. The summed E-state index contributed by atoms with van der Waals surface area (Å²) >= 11 is 0. The molecule has 3 aromatic carbocycles. The van der Waals surface area contributed by atoms with Crippen LogP contribution in [0.4, 0.5) is 5.69 Å². The van der Waals surface area contributed by atoms with Gasteiger partial charge in [0.05, 0.1) is 7.11 Å². The molecule has 1 amide bonds. The Labute approximate surface area is 210 Å². The molecule has 5 rings (SSSR count). The number of hydrogen-bond acceptors (Lipinski definition) is 5. The Morgan fingerprint density at radius 1 is 0.917 bits per heavy atom. The number of dihydropyridines is 1. The van der Waals surface area contributed by atoms with Crippen LogP contribution >= 0.6 is 0 Å². The number of para-hydroxylation sites is 1. The zero-order valence-electron chi connectivity index (χ0n) is 20.3. The molecule has 0 radical (unpaired) electrons. The van der Waals surface area contributed by atoms with Crippen LogP contribution in [0.5, 0.6) is 17.2 Å². The summed E-state index contributed by atoms with van der Waals surface area (Å²) in [4.78, 5) is 26.9. The molecule has 0 bridgehead atoms. The lowest BCUT2D eigenvalue weighted by molar-refractivity contribution is -0.116. The monoisotopic (exact) mass is 480 g/mol. The van der Waals surface area contributed by atoms with Gasteiger partial charge in [0.2, 0.25) is 0 Å². The number of carbonyl (C=O) groups excluding carboxylic acids is 2. The highest BCUT2D eigenvalue weighted by Crippen LogP contribution is 2.43. The van der Waals surface area contributed by atoms with Crippen LogP contribution < -0.4 is 20.1 Å². The Kier molecular flexibility index (Phi) is 6.58. The lowest BCUT2D eigenvalue weighted by Gasteiger charge is -2.34. The molecule has 182 valence electrons. The molecule has 3 aromatic rings. The normalized spacial score (nSPS) is 17.3. The van der Waals surface area contributed by atoms with E-state index in [1.54, 1.807) is 31.4 Å². The van der Waals surface area contributed by atoms with E-state index in [0.29, 0.717) is 34.8 Å². The Balaban J connectivity index is 1.53. The lowest BCUT2D eigenvalue weighted by Crippen LogP contribution is -2.35. The van der Waals surface area contributed by atoms with Gasteiger partial charge in [-0.3, -0.25) is 9.59 Å². The van der Waals surface area contributed by atoms with Crippen molar-refractivity contribution in [3.8, 4) is 17.2 Å². The first-order chi connectivity index (χ1) is 17.5. The van der Waals surface area contributed by atoms with Gasteiger partial charge < -0.3 is 20.1 Å². The second kappa shape index (κ2) is 10.1. The number of benzene rings is 3. The average Bonchev–Trinajstić information content (AvgIpc) is 2.89. The van der Waals surface area contributed by atoms with Gasteiger partial charge in [-0.1, -0.05) is 30.3 Å². The quantitative estimate of drug-likeness (QED) is 0.446. The van der Waals surface area contributed by atoms with Crippen molar-refractivity contribution in [3.05, 3.63) is 107 Å². The molecule has 0 saturated heterocycles. The van der Waals surface area contributed by atoms with E-state index in [-0.39, 0.29) is 11.7 Å². The van der Waals surface area contributed by atoms with Gasteiger partial charge >= 0.3 is 0 Å². The minimum Gasteiger partial charge on any atom is -0.497 e. The maximum absolute atomic E-state index is 13.7. The predicted octanol–water partition coefficient (Wildman–Crippen LogP) is 6.09. The van der Waals surface area contributed by atoms with Crippen LogP contribution in [0.2, 0.25) is 0 Å². The SMILES string of the molecule is COc1ccc(NC(=O)C2=C(C)NC3=C(C(=O)CCC3)[C@H]2c2cccc(Oc3ccccc3)c2)cc1. The molecule has 0 aromatic heterocycles. The zero-order chi connectivity index (χ0) is 25.1. The Bertz CT molecular complexity index is 1360. The second-order valence-electron chi connectivity index (χ2n) is 8.94. The molecule has 1 atom stereocenters. The number of hydrogen-bond donors (Lipinski definition) is 2. The van der Waals surface area contributed by atoms with Gasteiger partial charge in [-0.2, -0.15) is 0 Å². The van der Waals surface area contributed by atoms with Crippen molar-refractivity contribution in [1.29, 1.82) is 0 Å². The summed E-state index contributed by atoms with van der Waals surface area (Å²) in [5.41, 5.74) is 4.33. The van der Waals surface area contributed by atoms with Crippen LogP contribution in [0.25, 0.3) is 0 Å². The molecule has 2 aliphatic rings. The Morgan fingerprint density at radius 3 is 2.42 bits per heavy atom. The minimum absolute atomic E-state index is 0.0744. The van der Waals surface area contributed by atoms with Gasteiger partial charge in [-0.15, -0.1) is 0 Å². The number of anilines is 1. The fraction of sp³-hybridized carbons (Fsp3) is 0.200. The highest BCUT2D eigenvalue weighted by molar-refractivity contribution is 6.09. The van der Waals surface area contributed by atoms with E-state index in [0.717, 1.165) is 35.5 Å². The van der Waals surface area contributed by atoms with E-state index in [1.807, 2.05) is 61.5 Å². The summed E-state index contributed by atoms with van der Waals surface area (Å²) in [5.74, 6) is 1.40. The third-order valence-corrected chi connectivity index (χ3v) is 6.54. The van der Waals surface area contributed by atoms with E-state index >= 15 is 0 Å². The van der Waals surface area contributed by atoms with Crippen molar-refractivity contribution < 1.29 is 19.1 Å². The minimum atomic E-state index is -0.494. The van der Waals surface area contributed by atoms with Crippen LogP contribution in [0.1, 0.15) is 37.7 Å². The zero-order valence-corrected chi connectivity index (χ0v) is 20.3. The van der Waals surface area contributed by atoms with E-state index in [9.17, 15) is 9.59 Å². The first-order valence-electron chi connectivity index (χ1n) is 12.1. The molecular weight excluding hydrogens is 452 g/mol. The van der Waals surface area contributed by atoms with Crippen LogP contribution in [-0.4, -0.2) is 18.8 Å². The largest absolute Gasteiger partial charge is 0.497 e. The van der Waals surface area contributed by atoms with Crippen LogP contribution in [0, 0.1) is 0 Å². The molecule has 0 unspecified atom stereocenters. The average molecular weight is 481 g/mol. The van der Waals surface area contributed by atoms with Gasteiger partial charge in [0.15, 0.2) is 5.78 Å². The number of carbonyl (C=O) groups is 2. The molecule has 6 nitrogen and oxygen atoms in total. The second-order valence-corrected chi connectivity index (χ2v) is 8.94. The summed E-state index contributed by atoms with van der Waals surface area (Å²) in [5, 5.41) is 6.36. The number of ketones is 1. The molecular formula is C30H28N2O4. The molecule has 0 spiro atoms. The predicted molar refractivity (Wildman–Crippen MR) is 139 cm³/mol. The van der Waals surface area contributed by atoms with Gasteiger partial charge in [-0.25, -0.2) is 0 Å². The molecule has 2 N–H and O–H groups in total. The molecule has 36 heavy (non-hydrogen) atoms. The molecule has 0 fully saturated rings. The molecule has 1 heterocycles. The fourth-order valence-electron chi connectivity index (χ4n) is 4.87. The smallest absolute Gasteiger partial charge is 0.254 e. The van der Waals surface area contributed by atoms with Crippen molar-refractivity contribution in [2.75, 3.05) is 12.4 Å². The molecule has 0 saturated carbocycles. The van der Waals surface area contributed by atoms with Crippen molar-refractivity contribution in [3.63, 3.8) is 0 Å². The summed E-state index contributed by atoms with van der Waals surface area (Å²) in [6.45, 7) is 1.89. The fourth-order valence-corrected chi connectivity index (χ4v) is 4.87. The number of nitrogens with one attached hydrogen (secondary N) is 2. The number of allylic oxidation sites excluding steroid dienone is 3. The maximum atomic E-state index is 13.7. The standard InChI is InChI=1S/C30H28N2O4/c1-19-27(30(34)32-21-14-16-22(35-2)17-15-21)28(29-25(31-19)12-7-13-26(29)33)20-8-6-11-24(18-20)36-23-9-4-3-5-10-23/h3-6,8-11,14-18,28,31H,7,12-13H2,1-2H3,(H,32,34)/t28-/m0/s1. The first-order valence-corrected chi connectivity index (χ1v) is 12.1. The third-order valence-electron chi connectivity index (χ3n) is 6.54. The first kappa shape index (κ1) is 23.4. The van der Waals surface area contributed by atoms with Crippen molar-refractivity contribution >= 4 is 17.4 Å². The van der Waals surface area contributed by atoms with E-state index in [1.165, 1.54) is 0 Å². The van der Waals surface area contributed by atoms with Crippen molar-refractivity contribution in [2.45, 2.75) is 32.1 Å². The molecule has 6 heteroatoms. The highest BCUT2D eigenvalue weighted by Gasteiger charge is 2.38. The summed E-state index contributed by atoms with van der Waals surface area (Å²) in [6, 6.07) is 24.4. The van der Waals surface area contributed by atoms with Crippen molar-refractivity contribution in [2.24, 2.45) is 0 Å². The Morgan fingerprint density at radius 2 is 1.67 bits per heavy atom. The Hall–Kier alpha value is -4.32. The van der Waals surface area contributed by atoms with Crippen LogP contribution in [0.3, 0.4) is 0 Å². The van der Waals surface area contributed by atoms with E-state index in [2.05, 4.69) is 10.6 Å². The number of Topliss-reactive ketones (excluding diaryl/α,β-unsaturated/α-hetero) is 1. The molecule has 1 aliphatic carbocycles. The van der Waals surface area contributed by atoms with Crippen LogP contribution in [0.15, 0.2) is 101 Å². The maximum Gasteiger partial charge on any atom is 0.254 e. The summed E-state index contributed by atoms with van der Waals surface area (Å²) in [7, 11) is 1.60. The summed E-state index contributed by atoms with van der Waals surface area (Å²) < 4.78 is 11.3. The number of methoxy groups -OCH3 is 1. The van der Waals surface area contributed by atoms with Crippen LogP contribution in [-0.2, 0) is 9.59 Å².